The van der Waals surface area contributed by atoms with Crippen LogP contribution in [0.4, 0.5) is 34.1 Å². The molecule has 2 nitrogen and oxygen atoms in total. The van der Waals surface area contributed by atoms with Crippen LogP contribution in [-0.2, 0) is 0 Å². The van der Waals surface area contributed by atoms with Gasteiger partial charge in [-0.05, 0) is 222 Å². The highest BCUT2D eigenvalue weighted by Gasteiger charge is 2.33. The third-order valence-corrected chi connectivity index (χ3v) is 18.4. The van der Waals surface area contributed by atoms with Crippen LogP contribution in [0.15, 0.2) is 291 Å². The third kappa shape index (κ3) is 8.09. The van der Waals surface area contributed by atoms with Crippen LogP contribution in [0.2, 0.25) is 0 Å². The van der Waals surface area contributed by atoms with E-state index in [0.29, 0.717) is 0 Å². The molecule has 0 bridgehead atoms. The monoisotopic (exact) mass is 1100 g/mol. The Labute approximate surface area is 503 Å². The summed E-state index contributed by atoms with van der Waals surface area (Å²) in [6.07, 6.45) is 0. The maximum absolute atomic E-state index is 2.44. The summed E-state index contributed by atoms with van der Waals surface area (Å²) in [5.41, 5.74) is 34.6. The number of benzene rings is 14. The van der Waals surface area contributed by atoms with Crippen molar-refractivity contribution in [2.75, 3.05) is 9.80 Å². The first kappa shape index (κ1) is 50.9. The first-order chi connectivity index (χ1) is 42.4. The number of fused-ring (bicyclic) bond motifs is 6. The fourth-order valence-corrected chi connectivity index (χ4v) is 14.3. The average molecular weight is 1100 g/mol. The second kappa shape index (κ2) is 20.5. The van der Waals surface area contributed by atoms with Gasteiger partial charge in [0, 0.05) is 33.5 Å². The molecule has 14 aromatic carbocycles. The van der Waals surface area contributed by atoms with E-state index < -0.39 is 0 Å². The Morgan fingerprint density at radius 1 is 0.186 bits per heavy atom. The van der Waals surface area contributed by atoms with Crippen LogP contribution in [0, 0.1) is 27.7 Å². The zero-order valence-corrected chi connectivity index (χ0v) is 48.6. The molecule has 2 aliphatic rings. The van der Waals surface area contributed by atoms with Crippen molar-refractivity contribution in [2.24, 2.45) is 0 Å². The van der Waals surface area contributed by atoms with Crippen LogP contribution in [-0.4, -0.2) is 0 Å². The van der Waals surface area contributed by atoms with E-state index in [4.69, 9.17) is 0 Å². The van der Waals surface area contributed by atoms with E-state index in [2.05, 4.69) is 329 Å². The van der Waals surface area contributed by atoms with Gasteiger partial charge in [-0.25, -0.2) is 0 Å². The van der Waals surface area contributed by atoms with Gasteiger partial charge in [0.05, 0.1) is 11.4 Å². The Morgan fingerprint density at radius 3 is 0.756 bits per heavy atom. The van der Waals surface area contributed by atoms with E-state index in [1.54, 1.807) is 0 Å². The Bertz CT molecular complexity index is 4540. The first-order valence-corrected chi connectivity index (χ1v) is 30.0. The molecule has 0 aliphatic heterocycles. The van der Waals surface area contributed by atoms with Gasteiger partial charge in [-0.3, -0.25) is 0 Å². The Morgan fingerprint density at radius 2 is 0.442 bits per heavy atom. The van der Waals surface area contributed by atoms with Crippen LogP contribution in [0.1, 0.15) is 22.3 Å². The highest BCUT2D eigenvalue weighted by Crippen LogP contribution is 2.59. The van der Waals surface area contributed by atoms with Gasteiger partial charge in [-0.2, -0.15) is 0 Å². The van der Waals surface area contributed by atoms with Crippen molar-refractivity contribution in [1.29, 1.82) is 0 Å². The van der Waals surface area contributed by atoms with Crippen LogP contribution in [0.3, 0.4) is 0 Å². The molecule has 0 saturated heterocycles. The van der Waals surface area contributed by atoms with Crippen molar-refractivity contribution >= 4 is 55.7 Å². The molecule has 16 rings (SSSR count). The van der Waals surface area contributed by atoms with E-state index in [9.17, 15) is 0 Å². The van der Waals surface area contributed by atoms with Crippen molar-refractivity contribution in [3.63, 3.8) is 0 Å². The van der Waals surface area contributed by atoms with Gasteiger partial charge in [-0.15, -0.1) is 0 Å². The fourth-order valence-electron chi connectivity index (χ4n) is 14.3. The number of rotatable bonds is 11. The molecule has 0 unspecified atom stereocenters. The Hall–Kier alpha value is -10.8. The van der Waals surface area contributed by atoms with Gasteiger partial charge in [0.15, 0.2) is 0 Å². The molecular formula is C84H60N2. The lowest BCUT2D eigenvalue weighted by atomic mass is 9.86. The van der Waals surface area contributed by atoms with Gasteiger partial charge in [0.25, 0.3) is 0 Å². The van der Waals surface area contributed by atoms with Crippen molar-refractivity contribution in [3.05, 3.63) is 313 Å². The lowest BCUT2D eigenvalue weighted by molar-refractivity contribution is 1.29. The Kier molecular flexibility index (Phi) is 12.1. The molecule has 406 valence electrons. The number of nitrogens with zero attached hydrogens (tertiary/aromatic N) is 2. The van der Waals surface area contributed by atoms with E-state index in [-0.39, 0.29) is 0 Å². The van der Waals surface area contributed by atoms with E-state index in [1.807, 2.05) is 0 Å². The molecular weight excluding hydrogens is 1040 g/mol. The molecule has 2 heteroatoms. The maximum atomic E-state index is 2.44. The predicted molar refractivity (Wildman–Crippen MR) is 366 cm³/mol. The second-order valence-electron chi connectivity index (χ2n) is 23.2. The minimum absolute atomic E-state index is 1.09. The summed E-state index contributed by atoms with van der Waals surface area (Å²) < 4.78 is 0. The first-order valence-electron chi connectivity index (χ1n) is 30.0. The number of hydrogen-bond acceptors (Lipinski definition) is 2. The smallest absolute Gasteiger partial charge is 0.0540 e. The second-order valence-corrected chi connectivity index (χ2v) is 23.2. The molecule has 0 atom stereocenters. The maximum Gasteiger partial charge on any atom is 0.0540 e. The average Bonchev–Trinajstić information content (AvgIpc) is 1.91. The molecule has 14 aromatic rings. The van der Waals surface area contributed by atoms with E-state index in [0.717, 1.165) is 45.3 Å². The van der Waals surface area contributed by atoms with Crippen molar-refractivity contribution in [2.45, 2.75) is 27.7 Å². The molecule has 0 radical (unpaired) electrons. The molecule has 0 fully saturated rings. The SMILES string of the molecule is Cc1ccccc1-c1ccc(-c2ccccc2C)c2c1-c1cccc3c(N(c4ccccc4)c4ccc(-c5ccc(N(c6ccccc6)c6ccc7c8c(cccc68)-c6c(-c8ccccc8C)ccc(-c8ccccc8C)c6-7)cc5)cc4)ccc-2c13. The normalized spacial score (nSPS) is 11.7. The topological polar surface area (TPSA) is 6.48 Å². The molecule has 86 heavy (non-hydrogen) atoms. The van der Waals surface area contributed by atoms with Gasteiger partial charge in [-0.1, -0.05) is 231 Å². The minimum Gasteiger partial charge on any atom is -0.310 e. The molecule has 0 saturated carbocycles. The lowest BCUT2D eigenvalue weighted by Gasteiger charge is -2.28. The zero-order valence-electron chi connectivity index (χ0n) is 48.6. The lowest BCUT2D eigenvalue weighted by Crippen LogP contribution is -2.10. The van der Waals surface area contributed by atoms with Crippen molar-refractivity contribution < 1.29 is 0 Å². The van der Waals surface area contributed by atoms with Gasteiger partial charge in [0.2, 0.25) is 0 Å². The molecule has 2 aliphatic carbocycles. The molecule has 0 amide bonds. The standard InChI is InChI=1S/C84H60N2/c1-53-21-11-15-29-63(53)67-45-47-69(65-31-17-13-23-55(65)3)83-75-49-51-77(71-33-19-35-73(79(71)75)81(67)83)85(59-25-7-5-8-26-59)61-41-37-57(38-42-61)58-39-43-62(44-40-58)86(60-27-9-6-10-28-60)78-52-50-76-80-72(78)34-20-36-74(80)82-68(64-30-16-12-22-54(64)2)46-48-70(84(76)82)66-32-18-14-24-56(66)4/h5-52H,1-4H3. The van der Waals surface area contributed by atoms with Crippen LogP contribution >= 0.6 is 0 Å². The highest BCUT2D eigenvalue weighted by molar-refractivity contribution is 6.25. The largest absolute Gasteiger partial charge is 0.310 e. The summed E-state index contributed by atoms with van der Waals surface area (Å²) in [6, 6.07) is 108. The predicted octanol–water partition coefficient (Wildman–Crippen LogP) is 23.8. The third-order valence-electron chi connectivity index (χ3n) is 18.4. The fraction of sp³-hybridized carbons (Fsp3) is 0.0476. The molecule has 0 heterocycles. The summed E-state index contributed by atoms with van der Waals surface area (Å²) in [5.74, 6) is 0. The summed E-state index contributed by atoms with van der Waals surface area (Å²) in [7, 11) is 0. The van der Waals surface area contributed by atoms with E-state index in [1.165, 1.54) is 133 Å². The number of hydrogen-bond donors (Lipinski definition) is 0. The quantitative estimate of drug-likeness (QED) is 0.127. The van der Waals surface area contributed by atoms with E-state index >= 15 is 0 Å². The van der Waals surface area contributed by atoms with Gasteiger partial charge in [0.1, 0.15) is 0 Å². The Balaban J connectivity index is 0.785. The van der Waals surface area contributed by atoms with Crippen LogP contribution in [0.5, 0.6) is 0 Å². The summed E-state index contributed by atoms with van der Waals surface area (Å²) in [4.78, 5) is 4.87. The summed E-state index contributed by atoms with van der Waals surface area (Å²) >= 11 is 0. The molecule has 0 aromatic heterocycles. The van der Waals surface area contributed by atoms with Crippen LogP contribution in [0.25, 0.3) is 122 Å². The summed E-state index contributed by atoms with van der Waals surface area (Å²) in [6.45, 7) is 8.92. The number of para-hydroxylation sites is 2. The molecule has 0 spiro atoms. The minimum atomic E-state index is 1.09. The van der Waals surface area contributed by atoms with Gasteiger partial charge < -0.3 is 9.80 Å². The number of aryl methyl sites for hydroxylation is 4. The van der Waals surface area contributed by atoms with Crippen molar-refractivity contribution in [3.8, 4) is 100 Å². The highest BCUT2D eigenvalue weighted by atomic mass is 15.1. The zero-order chi connectivity index (χ0) is 57.6. The molecule has 0 N–H and O–H groups in total. The van der Waals surface area contributed by atoms with Gasteiger partial charge >= 0.3 is 0 Å². The number of anilines is 6. The summed E-state index contributed by atoms with van der Waals surface area (Å²) in [5, 5.41) is 5.02. The van der Waals surface area contributed by atoms with Crippen LogP contribution < -0.4 is 9.80 Å². The van der Waals surface area contributed by atoms with Crippen molar-refractivity contribution in [1.82, 2.24) is 0 Å².